The lowest BCUT2D eigenvalue weighted by Crippen LogP contribution is -2.04. The second-order valence-electron chi connectivity index (χ2n) is 1.61. The van der Waals surface area contributed by atoms with Crippen molar-refractivity contribution in [1.29, 1.82) is 0 Å². The molecule has 0 aromatic rings. The molecule has 2 nitrogen and oxygen atoms in total. The Balaban J connectivity index is 2.50. The molecule has 0 amide bonds. The van der Waals surface area contributed by atoms with Gasteiger partial charge in [0.25, 0.3) is 0 Å². The molecule has 0 spiro atoms. The maximum absolute atomic E-state index is 5.52. The van der Waals surface area contributed by atoms with Crippen LogP contribution in [-0.2, 0) is 0 Å². The van der Waals surface area contributed by atoms with Crippen LogP contribution in [0, 0.1) is 0 Å². The predicted octanol–water partition coefficient (Wildman–Crippen LogP) is 0.874. The van der Waals surface area contributed by atoms with Crippen LogP contribution >= 0.6 is 11.6 Å². The summed E-state index contributed by atoms with van der Waals surface area (Å²) in [4.78, 5) is 0. The highest BCUT2D eigenvalue weighted by Gasteiger charge is 2.05. The zero-order valence-corrected chi connectivity index (χ0v) is 4.94. The van der Waals surface area contributed by atoms with Gasteiger partial charge in [0.1, 0.15) is 5.17 Å². The zero-order chi connectivity index (χ0) is 5.28. The summed E-state index contributed by atoms with van der Waals surface area (Å²) >= 11 is 5.52. The maximum atomic E-state index is 5.52. The standard InChI is InChI=1S/C4H7ClN2/c1-7-3-2-4(5)6-7/h2-3H2,1H3. The van der Waals surface area contributed by atoms with Gasteiger partial charge in [-0.25, -0.2) is 0 Å². The summed E-state index contributed by atoms with van der Waals surface area (Å²) in [5.74, 6) is 0. The van der Waals surface area contributed by atoms with E-state index in [9.17, 15) is 0 Å². The summed E-state index contributed by atoms with van der Waals surface area (Å²) in [6, 6.07) is 0. The number of hydrogen-bond donors (Lipinski definition) is 0. The molecule has 0 aromatic carbocycles. The zero-order valence-electron chi connectivity index (χ0n) is 4.19. The molecule has 0 aliphatic carbocycles. The summed E-state index contributed by atoms with van der Waals surface area (Å²) in [6.45, 7) is 0.971. The Morgan fingerprint density at radius 1 is 1.86 bits per heavy atom. The third-order valence-electron chi connectivity index (χ3n) is 0.921. The van der Waals surface area contributed by atoms with E-state index in [1.807, 2.05) is 12.1 Å². The van der Waals surface area contributed by atoms with E-state index in [0.29, 0.717) is 0 Å². The SMILES string of the molecule is CN1CCC(Cl)=N1. The quantitative estimate of drug-likeness (QED) is 0.461. The lowest BCUT2D eigenvalue weighted by molar-refractivity contribution is 0.393. The van der Waals surface area contributed by atoms with Gasteiger partial charge < -0.3 is 0 Å². The molecule has 1 aliphatic rings. The summed E-state index contributed by atoms with van der Waals surface area (Å²) in [6.07, 6.45) is 0.915. The van der Waals surface area contributed by atoms with Gasteiger partial charge >= 0.3 is 0 Å². The lowest BCUT2D eigenvalue weighted by atomic mass is 10.5. The topological polar surface area (TPSA) is 15.6 Å². The molecule has 0 aromatic heterocycles. The number of hydrazone groups is 1. The summed E-state index contributed by atoms with van der Waals surface area (Å²) < 4.78 is 0. The van der Waals surface area contributed by atoms with Crippen LogP contribution in [0.1, 0.15) is 6.42 Å². The van der Waals surface area contributed by atoms with Crippen LogP contribution in [0.3, 0.4) is 0 Å². The molecule has 1 heterocycles. The molecule has 0 N–H and O–H groups in total. The summed E-state index contributed by atoms with van der Waals surface area (Å²) in [5.41, 5.74) is 0. The van der Waals surface area contributed by atoms with Gasteiger partial charge in [-0.1, -0.05) is 11.6 Å². The fraction of sp³-hybridized carbons (Fsp3) is 0.750. The van der Waals surface area contributed by atoms with Crippen LogP contribution in [-0.4, -0.2) is 23.8 Å². The first-order valence-corrected chi connectivity index (χ1v) is 2.61. The molecule has 1 rings (SSSR count). The maximum Gasteiger partial charge on any atom is 0.128 e. The average Bonchev–Trinajstić information content (AvgIpc) is 1.87. The Bertz CT molecular complexity index is 99.9. The Labute approximate surface area is 47.8 Å². The van der Waals surface area contributed by atoms with Crippen molar-refractivity contribution in [2.45, 2.75) is 6.42 Å². The highest BCUT2D eigenvalue weighted by Crippen LogP contribution is 2.04. The van der Waals surface area contributed by atoms with E-state index in [-0.39, 0.29) is 0 Å². The average molecular weight is 119 g/mol. The number of halogens is 1. The van der Waals surface area contributed by atoms with Crippen molar-refractivity contribution in [2.75, 3.05) is 13.6 Å². The Kier molecular flexibility index (Phi) is 1.19. The fourth-order valence-corrected chi connectivity index (χ4v) is 0.753. The molecule has 7 heavy (non-hydrogen) atoms. The van der Waals surface area contributed by atoms with Gasteiger partial charge in [-0.2, -0.15) is 5.10 Å². The minimum atomic E-state index is 0.725. The van der Waals surface area contributed by atoms with Crippen molar-refractivity contribution < 1.29 is 0 Å². The molecule has 0 atom stereocenters. The first kappa shape index (κ1) is 4.91. The van der Waals surface area contributed by atoms with Crippen LogP contribution in [0.25, 0.3) is 0 Å². The van der Waals surface area contributed by atoms with E-state index in [4.69, 9.17) is 11.6 Å². The van der Waals surface area contributed by atoms with Gasteiger partial charge in [-0.05, 0) is 0 Å². The molecule has 0 saturated heterocycles. The van der Waals surface area contributed by atoms with Gasteiger partial charge in [0.05, 0.1) is 0 Å². The van der Waals surface area contributed by atoms with Gasteiger partial charge in [-0.15, -0.1) is 0 Å². The van der Waals surface area contributed by atoms with Crippen molar-refractivity contribution in [2.24, 2.45) is 5.10 Å². The van der Waals surface area contributed by atoms with E-state index < -0.39 is 0 Å². The van der Waals surface area contributed by atoms with Crippen molar-refractivity contribution >= 4 is 16.8 Å². The van der Waals surface area contributed by atoms with E-state index in [0.717, 1.165) is 18.1 Å². The van der Waals surface area contributed by atoms with Crippen molar-refractivity contribution in [3.8, 4) is 0 Å². The predicted molar refractivity (Wildman–Crippen MR) is 30.5 cm³/mol. The normalized spacial score (nSPS) is 20.3. The van der Waals surface area contributed by atoms with Gasteiger partial charge in [0, 0.05) is 20.0 Å². The third kappa shape index (κ3) is 1.06. The van der Waals surface area contributed by atoms with Crippen LogP contribution in [0.4, 0.5) is 0 Å². The van der Waals surface area contributed by atoms with Crippen LogP contribution in [0.5, 0.6) is 0 Å². The Hall–Kier alpha value is -0.240. The molecule has 1 aliphatic heterocycles. The van der Waals surface area contributed by atoms with Gasteiger partial charge in [-0.3, -0.25) is 5.01 Å². The molecule has 0 saturated carbocycles. The van der Waals surface area contributed by atoms with Crippen molar-refractivity contribution in [1.82, 2.24) is 5.01 Å². The molecule has 0 fully saturated rings. The third-order valence-corrected chi connectivity index (χ3v) is 1.19. The summed E-state index contributed by atoms with van der Waals surface area (Å²) in [7, 11) is 1.91. The monoisotopic (exact) mass is 118 g/mol. The fourth-order valence-electron chi connectivity index (χ4n) is 0.539. The molecule has 40 valence electrons. The van der Waals surface area contributed by atoms with Crippen LogP contribution in [0.2, 0.25) is 0 Å². The van der Waals surface area contributed by atoms with Crippen LogP contribution in [0.15, 0.2) is 5.10 Å². The molecule has 0 radical (unpaired) electrons. The van der Waals surface area contributed by atoms with Crippen molar-refractivity contribution in [3.05, 3.63) is 0 Å². The van der Waals surface area contributed by atoms with Crippen LogP contribution < -0.4 is 0 Å². The highest BCUT2D eigenvalue weighted by atomic mass is 35.5. The first-order valence-electron chi connectivity index (χ1n) is 2.23. The molecule has 0 bridgehead atoms. The largest absolute Gasteiger partial charge is 0.299 e. The second kappa shape index (κ2) is 1.70. The molecule has 3 heteroatoms. The molecular weight excluding hydrogens is 112 g/mol. The molecule has 0 unspecified atom stereocenters. The van der Waals surface area contributed by atoms with Gasteiger partial charge in [0.15, 0.2) is 0 Å². The smallest absolute Gasteiger partial charge is 0.128 e. The van der Waals surface area contributed by atoms with Crippen molar-refractivity contribution in [3.63, 3.8) is 0 Å². The lowest BCUT2D eigenvalue weighted by Gasteiger charge is -1.99. The molecular formula is C4H7ClN2. The number of hydrogen-bond acceptors (Lipinski definition) is 2. The number of nitrogens with zero attached hydrogens (tertiary/aromatic N) is 2. The Morgan fingerprint density at radius 3 is 2.71 bits per heavy atom. The Morgan fingerprint density at radius 2 is 2.57 bits per heavy atom. The van der Waals surface area contributed by atoms with E-state index in [2.05, 4.69) is 5.10 Å². The minimum Gasteiger partial charge on any atom is -0.299 e. The summed E-state index contributed by atoms with van der Waals surface area (Å²) in [5, 5.41) is 6.46. The van der Waals surface area contributed by atoms with E-state index in [1.54, 1.807) is 0 Å². The highest BCUT2D eigenvalue weighted by molar-refractivity contribution is 6.65. The number of rotatable bonds is 0. The second-order valence-corrected chi connectivity index (χ2v) is 2.04. The van der Waals surface area contributed by atoms with Gasteiger partial charge in [0.2, 0.25) is 0 Å². The first-order chi connectivity index (χ1) is 3.29. The minimum absolute atomic E-state index is 0.725. The van der Waals surface area contributed by atoms with E-state index in [1.165, 1.54) is 0 Å². The van der Waals surface area contributed by atoms with E-state index >= 15 is 0 Å².